The molecule has 0 aromatic heterocycles. The van der Waals surface area contributed by atoms with Crippen LogP contribution < -0.4 is 11.5 Å². The van der Waals surface area contributed by atoms with E-state index in [0.29, 0.717) is 11.4 Å². The second kappa shape index (κ2) is 4.53. The Labute approximate surface area is 95.2 Å². The summed E-state index contributed by atoms with van der Waals surface area (Å²) in [4.78, 5) is 0. The third-order valence-electron chi connectivity index (χ3n) is 2.27. The second-order valence-electron chi connectivity index (χ2n) is 3.68. The quantitative estimate of drug-likeness (QED) is 0.591. The molecule has 0 heterocycles. The van der Waals surface area contributed by atoms with Crippen LogP contribution in [0.2, 0.25) is 0 Å². The van der Waals surface area contributed by atoms with Gasteiger partial charge in [0.2, 0.25) is 0 Å². The van der Waals surface area contributed by atoms with E-state index >= 15 is 0 Å². The van der Waals surface area contributed by atoms with E-state index in [-0.39, 0.29) is 0 Å². The van der Waals surface area contributed by atoms with E-state index in [9.17, 15) is 0 Å². The third kappa shape index (κ3) is 2.64. The molecule has 2 heteroatoms. The predicted molar refractivity (Wildman–Crippen MR) is 70.6 cm³/mol. The maximum absolute atomic E-state index is 5.71. The van der Waals surface area contributed by atoms with Crippen molar-refractivity contribution in [2.75, 3.05) is 11.5 Å². The Bertz CT molecular complexity index is 481. The minimum atomic E-state index is 0.688. The van der Waals surface area contributed by atoms with E-state index in [1.54, 1.807) is 6.07 Å². The highest BCUT2D eigenvalue weighted by Gasteiger charge is 1.92. The molecule has 0 fully saturated rings. The minimum Gasteiger partial charge on any atom is -0.399 e. The zero-order chi connectivity index (χ0) is 11.4. The van der Waals surface area contributed by atoms with Crippen molar-refractivity contribution in [2.24, 2.45) is 0 Å². The Hall–Kier alpha value is -2.22. The first kappa shape index (κ1) is 10.3. The Balaban J connectivity index is 2.24. The lowest BCUT2D eigenvalue weighted by molar-refractivity contribution is 1.62. The van der Waals surface area contributed by atoms with Crippen LogP contribution in [-0.4, -0.2) is 0 Å². The van der Waals surface area contributed by atoms with Crippen LogP contribution in [0.3, 0.4) is 0 Å². The highest BCUT2D eigenvalue weighted by atomic mass is 14.6. The molecule has 4 N–H and O–H groups in total. The van der Waals surface area contributed by atoms with Gasteiger partial charge in [-0.3, -0.25) is 0 Å². The van der Waals surface area contributed by atoms with Crippen molar-refractivity contribution in [3.8, 4) is 0 Å². The smallest absolute Gasteiger partial charge is 0.0340 e. The Morgan fingerprint density at radius 1 is 0.688 bits per heavy atom. The first-order valence-corrected chi connectivity index (χ1v) is 5.13. The van der Waals surface area contributed by atoms with Crippen molar-refractivity contribution in [2.45, 2.75) is 0 Å². The first-order valence-electron chi connectivity index (χ1n) is 5.13. The van der Waals surface area contributed by atoms with E-state index in [1.807, 2.05) is 54.6 Å². The summed E-state index contributed by atoms with van der Waals surface area (Å²) in [5.41, 5.74) is 15.0. The Morgan fingerprint density at radius 2 is 1.25 bits per heavy atom. The number of nitrogen functional groups attached to an aromatic ring is 2. The van der Waals surface area contributed by atoms with Crippen molar-refractivity contribution in [3.05, 3.63) is 59.7 Å². The van der Waals surface area contributed by atoms with Gasteiger partial charge in [0, 0.05) is 11.4 Å². The summed E-state index contributed by atoms with van der Waals surface area (Å²) in [6.07, 6.45) is 4.04. The van der Waals surface area contributed by atoms with Crippen molar-refractivity contribution in [3.63, 3.8) is 0 Å². The van der Waals surface area contributed by atoms with Gasteiger partial charge in [-0.2, -0.15) is 0 Å². The van der Waals surface area contributed by atoms with E-state index in [2.05, 4.69) is 0 Å². The number of anilines is 2. The van der Waals surface area contributed by atoms with Crippen LogP contribution in [0, 0.1) is 0 Å². The van der Waals surface area contributed by atoms with Crippen LogP contribution >= 0.6 is 0 Å². The molecule has 0 amide bonds. The zero-order valence-electron chi connectivity index (χ0n) is 8.93. The summed E-state index contributed by atoms with van der Waals surface area (Å²) in [5.74, 6) is 0. The van der Waals surface area contributed by atoms with Gasteiger partial charge in [0.15, 0.2) is 0 Å². The molecule has 0 atom stereocenters. The molecule has 0 aliphatic heterocycles. The van der Waals surface area contributed by atoms with E-state index in [1.165, 1.54) is 0 Å². The maximum Gasteiger partial charge on any atom is 0.0340 e. The summed E-state index contributed by atoms with van der Waals surface area (Å²) >= 11 is 0. The van der Waals surface area contributed by atoms with Crippen LogP contribution in [-0.2, 0) is 0 Å². The summed E-state index contributed by atoms with van der Waals surface area (Å²) < 4.78 is 0. The van der Waals surface area contributed by atoms with Gasteiger partial charge in [0.1, 0.15) is 0 Å². The molecule has 0 spiro atoms. The molecule has 0 bridgehead atoms. The standard InChI is InChI=1S/C14H14N2/c15-13-8-12(9-14(16)10-13)7-6-11-4-2-1-3-5-11/h1-10H,15-16H2. The topological polar surface area (TPSA) is 52.0 Å². The maximum atomic E-state index is 5.71. The molecular formula is C14H14N2. The summed E-state index contributed by atoms with van der Waals surface area (Å²) in [6.45, 7) is 0. The average Bonchev–Trinajstić information content (AvgIpc) is 2.27. The number of benzene rings is 2. The van der Waals surface area contributed by atoms with Crippen LogP contribution in [0.4, 0.5) is 11.4 Å². The molecule has 16 heavy (non-hydrogen) atoms. The SMILES string of the molecule is Nc1cc(N)cc(C=Cc2ccccc2)c1. The number of rotatable bonds is 2. The fourth-order valence-corrected chi connectivity index (χ4v) is 1.56. The normalized spacial score (nSPS) is 10.8. The van der Waals surface area contributed by atoms with Crippen molar-refractivity contribution in [1.82, 2.24) is 0 Å². The average molecular weight is 210 g/mol. The predicted octanol–water partition coefficient (Wildman–Crippen LogP) is 3.02. The van der Waals surface area contributed by atoms with Gasteiger partial charge in [0.25, 0.3) is 0 Å². The molecule has 0 saturated heterocycles. The first-order chi connectivity index (χ1) is 7.74. The van der Waals surface area contributed by atoms with E-state index in [4.69, 9.17) is 11.5 Å². The highest BCUT2D eigenvalue weighted by Crippen LogP contribution is 2.16. The van der Waals surface area contributed by atoms with Gasteiger partial charge < -0.3 is 11.5 Å². The van der Waals surface area contributed by atoms with Crippen molar-refractivity contribution >= 4 is 23.5 Å². The van der Waals surface area contributed by atoms with Crippen LogP contribution in [0.5, 0.6) is 0 Å². The van der Waals surface area contributed by atoms with Gasteiger partial charge in [0.05, 0.1) is 0 Å². The fraction of sp³-hybridized carbons (Fsp3) is 0. The van der Waals surface area contributed by atoms with Crippen molar-refractivity contribution in [1.29, 1.82) is 0 Å². The molecular weight excluding hydrogens is 196 g/mol. The summed E-state index contributed by atoms with van der Waals surface area (Å²) in [7, 11) is 0. The molecule has 0 aliphatic carbocycles. The molecule has 2 aromatic carbocycles. The van der Waals surface area contributed by atoms with E-state index in [0.717, 1.165) is 11.1 Å². The summed E-state index contributed by atoms with van der Waals surface area (Å²) in [6, 6.07) is 15.7. The lowest BCUT2D eigenvalue weighted by Gasteiger charge is -1.99. The molecule has 2 aromatic rings. The van der Waals surface area contributed by atoms with Gasteiger partial charge in [-0.05, 0) is 29.3 Å². The van der Waals surface area contributed by atoms with E-state index < -0.39 is 0 Å². The lowest BCUT2D eigenvalue weighted by Crippen LogP contribution is -1.90. The highest BCUT2D eigenvalue weighted by molar-refractivity contribution is 5.73. The minimum absolute atomic E-state index is 0.688. The van der Waals surface area contributed by atoms with Gasteiger partial charge in [-0.25, -0.2) is 0 Å². The molecule has 0 saturated carbocycles. The largest absolute Gasteiger partial charge is 0.399 e. The number of hydrogen-bond donors (Lipinski definition) is 2. The number of hydrogen-bond acceptors (Lipinski definition) is 2. The molecule has 0 aliphatic rings. The molecule has 2 nitrogen and oxygen atoms in total. The number of nitrogens with two attached hydrogens (primary N) is 2. The van der Waals surface area contributed by atoms with Crippen molar-refractivity contribution < 1.29 is 0 Å². The monoisotopic (exact) mass is 210 g/mol. The molecule has 2 rings (SSSR count). The molecule has 0 unspecified atom stereocenters. The van der Waals surface area contributed by atoms with Gasteiger partial charge in [-0.15, -0.1) is 0 Å². The van der Waals surface area contributed by atoms with Crippen LogP contribution in [0.15, 0.2) is 48.5 Å². The fourth-order valence-electron chi connectivity index (χ4n) is 1.56. The summed E-state index contributed by atoms with van der Waals surface area (Å²) in [5, 5.41) is 0. The van der Waals surface area contributed by atoms with Crippen LogP contribution in [0.1, 0.15) is 11.1 Å². The lowest BCUT2D eigenvalue weighted by atomic mass is 10.1. The Kier molecular flexibility index (Phi) is 2.92. The van der Waals surface area contributed by atoms with Gasteiger partial charge >= 0.3 is 0 Å². The third-order valence-corrected chi connectivity index (χ3v) is 2.27. The Morgan fingerprint density at radius 3 is 1.88 bits per heavy atom. The second-order valence-corrected chi connectivity index (χ2v) is 3.68. The van der Waals surface area contributed by atoms with Crippen LogP contribution in [0.25, 0.3) is 12.2 Å². The molecule has 80 valence electrons. The molecule has 0 radical (unpaired) electrons. The zero-order valence-corrected chi connectivity index (χ0v) is 8.93. The van der Waals surface area contributed by atoms with Gasteiger partial charge in [-0.1, -0.05) is 42.5 Å².